The molecule has 1 N–H and O–H groups in total. The van der Waals surface area contributed by atoms with Gasteiger partial charge in [-0.25, -0.2) is 0 Å². The van der Waals surface area contributed by atoms with Crippen LogP contribution >= 0.6 is 0 Å². The third-order valence-corrected chi connectivity index (χ3v) is 6.67. The smallest absolute Gasteiger partial charge is 0.322 e. The number of piperidine rings is 2. The molecule has 3 atom stereocenters. The van der Waals surface area contributed by atoms with Crippen LogP contribution in [0.1, 0.15) is 39.5 Å². The van der Waals surface area contributed by atoms with Crippen molar-refractivity contribution in [2.45, 2.75) is 45.6 Å². The predicted molar refractivity (Wildman–Crippen MR) is 75.4 cm³/mol. The van der Waals surface area contributed by atoms with Crippen molar-refractivity contribution in [2.75, 3.05) is 19.6 Å². The molecular weight excluding hydrogens is 280 g/mol. The Bertz CT molecular complexity index is 465. The van der Waals surface area contributed by atoms with Crippen molar-refractivity contribution in [3.05, 3.63) is 0 Å². The summed E-state index contributed by atoms with van der Waals surface area (Å²) in [7, 11) is -3.65. The minimum Gasteiger partial charge on any atom is -0.480 e. The van der Waals surface area contributed by atoms with Crippen LogP contribution in [0.3, 0.4) is 0 Å². The van der Waals surface area contributed by atoms with Crippen molar-refractivity contribution in [1.29, 1.82) is 0 Å². The lowest BCUT2D eigenvalue weighted by molar-refractivity contribution is -0.142. The second kappa shape index (κ2) is 5.99. The summed E-state index contributed by atoms with van der Waals surface area (Å²) in [6, 6.07) is -0.900. The molecule has 0 aromatic heterocycles. The number of carboxylic acids is 1. The molecule has 3 unspecified atom stereocenters. The Balaban J connectivity index is 2.18. The van der Waals surface area contributed by atoms with E-state index in [1.165, 1.54) is 8.61 Å². The molecule has 2 aliphatic rings. The number of rotatable bonds is 3. The van der Waals surface area contributed by atoms with E-state index in [9.17, 15) is 18.3 Å². The zero-order valence-corrected chi connectivity index (χ0v) is 13.0. The minimum atomic E-state index is -3.65. The van der Waals surface area contributed by atoms with Gasteiger partial charge in [-0.05, 0) is 37.5 Å². The molecule has 2 fully saturated rings. The highest BCUT2D eigenvalue weighted by atomic mass is 32.2. The molecule has 0 amide bonds. The number of carboxylic acid groups (broad SMARTS) is 1. The van der Waals surface area contributed by atoms with E-state index in [-0.39, 0.29) is 0 Å². The lowest BCUT2D eigenvalue weighted by Gasteiger charge is -2.40. The van der Waals surface area contributed by atoms with Crippen LogP contribution in [-0.2, 0) is 15.0 Å². The fraction of sp³-hybridized carbons (Fsp3) is 0.923. The van der Waals surface area contributed by atoms with E-state index in [4.69, 9.17) is 0 Å². The zero-order valence-electron chi connectivity index (χ0n) is 12.2. The molecular formula is C13H24N2O4S. The molecule has 0 aliphatic carbocycles. The highest BCUT2D eigenvalue weighted by Gasteiger charge is 2.41. The highest BCUT2D eigenvalue weighted by molar-refractivity contribution is 7.86. The molecule has 0 aromatic carbocycles. The number of hydrogen-bond donors (Lipinski definition) is 1. The lowest BCUT2D eigenvalue weighted by atomic mass is 9.90. The van der Waals surface area contributed by atoms with Gasteiger partial charge in [-0.2, -0.15) is 17.0 Å². The quantitative estimate of drug-likeness (QED) is 0.848. The fourth-order valence-corrected chi connectivity index (χ4v) is 4.94. The molecule has 2 aliphatic heterocycles. The van der Waals surface area contributed by atoms with E-state index in [0.717, 1.165) is 19.3 Å². The van der Waals surface area contributed by atoms with Crippen molar-refractivity contribution in [3.8, 4) is 0 Å². The van der Waals surface area contributed by atoms with Gasteiger partial charge in [-0.15, -0.1) is 0 Å². The van der Waals surface area contributed by atoms with E-state index < -0.39 is 22.2 Å². The Kier molecular flexibility index (Phi) is 4.71. The first kappa shape index (κ1) is 15.7. The van der Waals surface area contributed by atoms with E-state index in [2.05, 4.69) is 13.8 Å². The molecule has 6 nitrogen and oxygen atoms in total. The summed E-state index contributed by atoms with van der Waals surface area (Å²) in [4.78, 5) is 11.3. The number of aliphatic carboxylic acids is 1. The van der Waals surface area contributed by atoms with Gasteiger partial charge >= 0.3 is 5.97 Å². The second-order valence-corrected chi connectivity index (χ2v) is 7.95. The van der Waals surface area contributed by atoms with Crippen LogP contribution in [0, 0.1) is 11.8 Å². The summed E-state index contributed by atoms with van der Waals surface area (Å²) in [6.07, 6.45) is 2.76. The molecule has 0 saturated carbocycles. The maximum absolute atomic E-state index is 12.7. The summed E-state index contributed by atoms with van der Waals surface area (Å²) >= 11 is 0. The summed E-state index contributed by atoms with van der Waals surface area (Å²) in [5, 5.41) is 9.24. The van der Waals surface area contributed by atoms with Crippen molar-refractivity contribution >= 4 is 16.2 Å². The molecule has 0 spiro atoms. The fourth-order valence-electron chi connectivity index (χ4n) is 3.01. The molecule has 0 aromatic rings. The molecule has 116 valence electrons. The Morgan fingerprint density at radius 2 is 1.80 bits per heavy atom. The first-order valence-electron chi connectivity index (χ1n) is 7.33. The zero-order chi connectivity index (χ0) is 14.9. The van der Waals surface area contributed by atoms with Gasteiger partial charge in [0.1, 0.15) is 6.04 Å². The molecule has 2 saturated heterocycles. The van der Waals surface area contributed by atoms with Crippen LogP contribution in [0.2, 0.25) is 0 Å². The van der Waals surface area contributed by atoms with Gasteiger partial charge < -0.3 is 5.11 Å². The Morgan fingerprint density at radius 3 is 2.40 bits per heavy atom. The van der Waals surface area contributed by atoms with Crippen LogP contribution in [0.4, 0.5) is 0 Å². The van der Waals surface area contributed by atoms with E-state index in [1.807, 2.05) is 0 Å². The topological polar surface area (TPSA) is 77.9 Å². The number of carbonyl (C=O) groups is 1. The van der Waals surface area contributed by atoms with Crippen LogP contribution in [0.25, 0.3) is 0 Å². The van der Waals surface area contributed by atoms with Crippen molar-refractivity contribution in [2.24, 2.45) is 11.8 Å². The molecule has 20 heavy (non-hydrogen) atoms. The molecule has 7 heteroatoms. The molecule has 0 radical (unpaired) electrons. The van der Waals surface area contributed by atoms with Gasteiger partial charge in [0.2, 0.25) is 0 Å². The lowest BCUT2D eigenvalue weighted by Crippen LogP contribution is -2.55. The Labute approximate surface area is 120 Å². The first-order chi connectivity index (χ1) is 9.34. The van der Waals surface area contributed by atoms with E-state index in [0.29, 0.717) is 37.9 Å². The summed E-state index contributed by atoms with van der Waals surface area (Å²) in [5.74, 6) is -0.212. The van der Waals surface area contributed by atoms with Gasteiger partial charge in [0.05, 0.1) is 0 Å². The number of nitrogens with zero attached hydrogens (tertiary/aromatic N) is 2. The molecule has 2 heterocycles. The van der Waals surface area contributed by atoms with Gasteiger partial charge in [-0.1, -0.05) is 13.8 Å². The van der Waals surface area contributed by atoms with Crippen LogP contribution in [0.15, 0.2) is 0 Å². The Morgan fingerprint density at radius 1 is 1.10 bits per heavy atom. The van der Waals surface area contributed by atoms with Crippen molar-refractivity contribution < 1.29 is 18.3 Å². The van der Waals surface area contributed by atoms with Crippen molar-refractivity contribution in [1.82, 2.24) is 8.61 Å². The van der Waals surface area contributed by atoms with Crippen LogP contribution in [0.5, 0.6) is 0 Å². The van der Waals surface area contributed by atoms with Gasteiger partial charge in [0.15, 0.2) is 0 Å². The maximum atomic E-state index is 12.7. The largest absolute Gasteiger partial charge is 0.480 e. The number of hydrogen-bond acceptors (Lipinski definition) is 3. The standard InChI is InChI=1S/C13H24N2O4S/c1-10-6-8-14(9-11(10)2)20(18,19)15-7-4-3-5-12(15)13(16)17/h10-12H,3-9H2,1-2H3,(H,16,17). The third kappa shape index (κ3) is 2.99. The molecule has 0 bridgehead atoms. The first-order valence-corrected chi connectivity index (χ1v) is 8.73. The Hall–Kier alpha value is -0.660. The van der Waals surface area contributed by atoms with Crippen LogP contribution in [-0.4, -0.2) is 53.8 Å². The van der Waals surface area contributed by atoms with Gasteiger partial charge in [0, 0.05) is 19.6 Å². The van der Waals surface area contributed by atoms with Gasteiger partial charge in [0.25, 0.3) is 10.2 Å². The summed E-state index contributed by atoms with van der Waals surface area (Å²) < 4.78 is 28.1. The minimum absolute atomic E-state index is 0.312. The van der Waals surface area contributed by atoms with Crippen molar-refractivity contribution in [3.63, 3.8) is 0 Å². The van der Waals surface area contributed by atoms with E-state index >= 15 is 0 Å². The average Bonchev–Trinajstić information content (AvgIpc) is 2.41. The summed E-state index contributed by atoms with van der Waals surface area (Å²) in [6.45, 7) is 5.50. The SMILES string of the molecule is CC1CCN(S(=O)(=O)N2CCCCC2C(=O)O)CC1C. The predicted octanol–water partition coefficient (Wildman–Crippen LogP) is 1.15. The maximum Gasteiger partial charge on any atom is 0.322 e. The van der Waals surface area contributed by atoms with E-state index in [1.54, 1.807) is 0 Å². The average molecular weight is 304 g/mol. The second-order valence-electron chi connectivity index (χ2n) is 6.07. The normalized spacial score (nSPS) is 34.0. The highest BCUT2D eigenvalue weighted by Crippen LogP contribution is 2.28. The molecule has 2 rings (SSSR count). The summed E-state index contributed by atoms with van der Waals surface area (Å²) in [5.41, 5.74) is 0. The van der Waals surface area contributed by atoms with Crippen LogP contribution < -0.4 is 0 Å². The third-order valence-electron chi connectivity index (χ3n) is 4.66. The monoisotopic (exact) mass is 304 g/mol. The van der Waals surface area contributed by atoms with Gasteiger partial charge in [-0.3, -0.25) is 4.79 Å².